The number of benzene rings is 4. The van der Waals surface area contributed by atoms with Gasteiger partial charge in [0.05, 0.1) is 0 Å². The molecule has 0 N–H and O–H groups in total. The van der Waals surface area contributed by atoms with Crippen molar-refractivity contribution in [3.8, 4) is 22.3 Å². The second-order valence-electron chi connectivity index (χ2n) is 26.1. The Morgan fingerprint density at radius 2 is 0.694 bits per heavy atom. The minimum atomic E-state index is -5.21. The van der Waals surface area contributed by atoms with Crippen LogP contribution in [-0.4, -0.2) is 5.92 Å². The van der Waals surface area contributed by atoms with Gasteiger partial charge in [-0.05, 0) is 0 Å². The van der Waals surface area contributed by atoms with Crippen molar-refractivity contribution >= 4 is 35.1 Å². The molecule has 0 radical (unpaired) electrons. The molecule has 0 saturated carbocycles. The van der Waals surface area contributed by atoms with Crippen molar-refractivity contribution in [3.63, 3.8) is 0 Å². The molecule has 62 heavy (non-hydrogen) atoms. The van der Waals surface area contributed by atoms with Crippen LogP contribution in [0, 0.1) is 24.7 Å². The summed E-state index contributed by atoms with van der Waals surface area (Å²) in [5.74, 6) is -1.83. The molecule has 0 aromatic heterocycles. The topological polar surface area (TPSA) is 0 Å². The molecule has 6 rings (SSSR count). The molecule has 4 heteroatoms. The second-order valence-corrected chi connectivity index (χ2v) is 68.6. The molecule has 0 heterocycles. The molecular weight excluding hydrogens is 887 g/mol. The Morgan fingerprint density at radius 3 is 0.919 bits per heavy atom. The predicted molar refractivity (Wildman–Crippen MR) is 279 cm³/mol. The van der Waals surface area contributed by atoms with Crippen molar-refractivity contribution in [2.45, 2.75) is 180 Å². The molecule has 2 unspecified atom stereocenters. The first-order valence-electron chi connectivity index (χ1n) is 23.5. The number of hydrogen-bond acceptors (Lipinski definition) is 0. The standard InChI is InChI=1S/2C28H37.C2H7Si.2ClH.Zr/c2*1-18-11-12-19-13-23(28(8,9)10)17-24(19)25(18)20-14-21(26(2,3)4)16-22(15-20)27(5,6)7;1-3-2;;;/h2*11-17H,1-10H3;3H,1-2H3;2*1H;/q;;;;;+2/p-2. The first-order chi connectivity index (χ1) is 27.9. The zero-order valence-corrected chi connectivity index (χ0v) is 48.0. The molecular formula is C58H81Cl2SiZr. The average Bonchev–Trinajstić information content (AvgIpc) is 3.71. The molecule has 0 aliphatic heterocycles. The molecule has 0 bridgehead atoms. The van der Waals surface area contributed by atoms with Gasteiger partial charge in [-0.15, -0.1) is 0 Å². The quantitative estimate of drug-likeness (QED) is 0.175. The van der Waals surface area contributed by atoms with E-state index in [0.717, 1.165) is 0 Å². The van der Waals surface area contributed by atoms with Crippen LogP contribution in [-0.2, 0) is 37.2 Å². The SMILES string of the molecule is Cc1ccc2c(c1-c1cc(C(C)(C)C)cc(C(C)(C)C)c1)C=C(C(C)(C)C)[CH]2[Zr]([Cl])([Cl])([CH]1C(C(C)(C)C)=Cc2c1ccc(C)c2-c1cc(C(C)(C)C)cc(C(C)(C)C)c1)[SiH](C)C. The molecule has 2 aliphatic carbocycles. The van der Waals surface area contributed by atoms with E-state index in [0.29, 0.717) is 0 Å². The van der Waals surface area contributed by atoms with Crippen molar-refractivity contribution in [2.24, 2.45) is 10.8 Å². The van der Waals surface area contributed by atoms with Crippen LogP contribution in [0.2, 0.25) is 13.1 Å². The Labute approximate surface area is 388 Å². The number of hydrogen-bond donors (Lipinski definition) is 0. The van der Waals surface area contributed by atoms with E-state index in [2.05, 4.69) is 224 Å². The van der Waals surface area contributed by atoms with Crippen LogP contribution in [0.4, 0.5) is 0 Å². The van der Waals surface area contributed by atoms with E-state index >= 15 is 0 Å². The molecule has 0 spiro atoms. The van der Waals surface area contributed by atoms with Gasteiger partial charge in [-0.2, -0.15) is 0 Å². The van der Waals surface area contributed by atoms with E-state index in [4.69, 9.17) is 0 Å². The van der Waals surface area contributed by atoms with Crippen LogP contribution in [0.25, 0.3) is 34.4 Å². The van der Waals surface area contributed by atoms with Gasteiger partial charge in [-0.3, -0.25) is 0 Å². The summed E-state index contributed by atoms with van der Waals surface area (Å²) in [5.41, 5.74) is 21.3. The van der Waals surface area contributed by atoms with Crippen LogP contribution in [0.3, 0.4) is 0 Å². The molecule has 2 aliphatic rings. The third-order valence-corrected chi connectivity index (χ3v) is 66.2. The van der Waals surface area contributed by atoms with Crippen molar-refractivity contribution in [2.75, 3.05) is 0 Å². The van der Waals surface area contributed by atoms with Crippen LogP contribution >= 0.6 is 17.0 Å². The van der Waals surface area contributed by atoms with E-state index in [1.165, 1.54) is 89.0 Å². The number of aryl methyl sites for hydroxylation is 2. The molecule has 335 valence electrons. The molecule has 4 aromatic carbocycles. The van der Waals surface area contributed by atoms with Gasteiger partial charge in [0.2, 0.25) is 0 Å². The van der Waals surface area contributed by atoms with Gasteiger partial charge in [0, 0.05) is 0 Å². The van der Waals surface area contributed by atoms with Gasteiger partial charge in [-0.25, -0.2) is 0 Å². The van der Waals surface area contributed by atoms with Gasteiger partial charge >= 0.3 is 392 Å². The fraction of sp³-hybridized carbons (Fsp3) is 0.517. The number of allylic oxidation sites excluding steroid dienone is 2. The summed E-state index contributed by atoms with van der Waals surface area (Å²) >= 11 is -5.21. The van der Waals surface area contributed by atoms with E-state index in [-0.39, 0.29) is 39.7 Å². The monoisotopic (exact) mass is 965 g/mol. The molecule has 0 saturated heterocycles. The molecule has 0 nitrogen and oxygen atoms in total. The maximum absolute atomic E-state index is 9.17. The Bertz CT molecular complexity index is 2270. The van der Waals surface area contributed by atoms with Crippen LogP contribution in [0.1, 0.15) is 188 Å². The molecule has 4 aromatic rings. The van der Waals surface area contributed by atoms with Crippen LogP contribution < -0.4 is 0 Å². The summed E-state index contributed by atoms with van der Waals surface area (Å²) in [4.78, 5) is 0. The fourth-order valence-electron chi connectivity index (χ4n) is 10.5. The van der Waals surface area contributed by atoms with Crippen LogP contribution in [0.15, 0.2) is 71.8 Å². The zero-order chi connectivity index (χ0) is 46.9. The Balaban J connectivity index is 1.71. The third kappa shape index (κ3) is 8.62. The van der Waals surface area contributed by atoms with E-state index in [1.807, 2.05) is 0 Å². The first-order valence-corrected chi connectivity index (χ1v) is 39.8. The first kappa shape index (κ1) is 49.5. The molecule has 0 fully saturated rings. The van der Waals surface area contributed by atoms with Gasteiger partial charge in [0.25, 0.3) is 0 Å². The van der Waals surface area contributed by atoms with Gasteiger partial charge in [-0.1, -0.05) is 0 Å². The summed E-state index contributed by atoms with van der Waals surface area (Å²) in [6.45, 7) is 52.1. The number of rotatable bonds is 5. The maximum atomic E-state index is 9.17. The number of halogens is 2. The summed E-state index contributed by atoms with van der Waals surface area (Å²) in [6.07, 6.45) is 5.14. The molecule has 0 amide bonds. The summed E-state index contributed by atoms with van der Waals surface area (Å²) in [7, 11) is 18.3. The van der Waals surface area contributed by atoms with Gasteiger partial charge < -0.3 is 0 Å². The van der Waals surface area contributed by atoms with E-state index < -0.39 is 21.5 Å². The fourth-order valence-corrected chi connectivity index (χ4v) is 41.9. The van der Waals surface area contributed by atoms with E-state index in [1.54, 1.807) is 0 Å². The summed E-state index contributed by atoms with van der Waals surface area (Å²) < 4.78 is -0.0336. The Hall–Kier alpha value is -1.96. The normalized spacial score (nSPS) is 18.4. The predicted octanol–water partition coefficient (Wildman–Crippen LogP) is 18.5. The Kier molecular flexibility index (Phi) is 12.4. The van der Waals surface area contributed by atoms with Crippen LogP contribution in [0.5, 0.6) is 0 Å². The van der Waals surface area contributed by atoms with E-state index in [9.17, 15) is 17.0 Å². The van der Waals surface area contributed by atoms with Crippen molar-refractivity contribution in [3.05, 3.63) is 127 Å². The average molecular weight is 969 g/mol. The summed E-state index contributed by atoms with van der Waals surface area (Å²) in [5, 5.41) is 0. The minimum absolute atomic E-state index is 0.00706. The van der Waals surface area contributed by atoms with Gasteiger partial charge in [0.1, 0.15) is 0 Å². The zero-order valence-electron chi connectivity index (χ0n) is 42.9. The Morgan fingerprint density at radius 1 is 0.419 bits per heavy atom. The van der Waals surface area contributed by atoms with Crippen molar-refractivity contribution in [1.29, 1.82) is 0 Å². The van der Waals surface area contributed by atoms with Crippen molar-refractivity contribution < 1.29 is 15.6 Å². The summed E-state index contributed by atoms with van der Waals surface area (Å²) in [6, 6.07) is 24.4. The number of fused-ring (bicyclic) bond motifs is 2. The molecule has 2 atom stereocenters. The second kappa shape index (κ2) is 15.6. The third-order valence-electron chi connectivity index (χ3n) is 14.7. The van der Waals surface area contributed by atoms with Gasteiger partial charge in [0.15, 0.2) is 0 Å². The van der Waals surface area contributed by atoms with Crippen molar-refractivity contribution in [1.82, 2.24) is 0 Å².